The Morgan fingerprint density at radius 3 is 3.11 bits per heavy atom. The third-order valence-electron chi connectivity index (χ3n) is 4.22. The Hall–Kier alpha value is -0.650. The van der Waals surface area contributed by atoms with Crippen LogP contribution in [0.4, 0.5) is 5.13 Å². The van der Waals surface area contributed by atoms with Crippen LogP contribution >= 0.6 is 11.3 Å². The smallest absolute Gasteiger partial charge is 0.185 e. The summed E-state index contributed by atoms with van der Waals surface area (Å²) in [5, 5.41) is 1.21. The number of anilines is 1. The van der Waals surface area contributed by atoms with E-state index in [1.807, 2.05) is 18.4 Å². The quantitative estimate of drug-likeness (QED) is 0.849. The number of hydrogen-bond acceptors (Lipinski definition) is 5. The van der Waals surface area contributed by atoms with E-state index in [0.717, 1.165) is 26.2 Å². The molecular formula is C14H23N3OS. The normalized spacial score (nSPS) is 24.5. The summed E-state index contributed by atoms with van der Waals surface area (Å²) in [5.41, 5.74) is 1.31. The maximum atomic E-state index is 5.51. The maximum Gasteiger partial charge on any atom is 0.185 e. The zero-order valence-electron chi connectivity index (χ0n) is 11.9. The minimum Gasteiger partial charge on any atom is -0.380 e. The van der Waals surface area contributed by atoms with E-state index in [1.165, 1.54) is 41.5 Å². The molecule has 1 aromatic heterocycles. The van der Waals surface area contributed by atoms with Crippen LogP contribution in [0.25, 0.3) is 0 Å². The molecule has 1 unspecified atom stereocenters. The second-order valence-corrected chi connectivity index (χ2v) is 6.49. The molecule has 1 saturated heterocycles. The third-order valence-corrected chi connectivity index (χ3v) is 5.44. The van der Waals surface area contributed by atoms with E-state index >= 15 is 0 Å². The van der Waals surface area contributed by atoms with Crippen LogP contribution in [-0.4, -0.2) is 49.3 Å². The first kappa shape index (κ1) is 13.3. The molecule has 0 bridgehead atoms. The van der Waals surface area contributed by atoms with Gasteiger partial charge in [-0.3, -0.25) is 4.90 Å². The summed E-state index contributed by atoms with van der Waals surface area (Å²) < 4.78 is 5.51. The molecule has 0 amide bonds. The fraction of sp³-hybridized carbons (Fsp3) is 0.786. The van der Waals surface area contributed by atoms with Gasteiger partial charge in [0.25, 0.3) is 0 Å². The zero-order valence-corrected chi connectivity index (χ0v) is 12.7. The molecule has 3 heterocycles. The molecule has 1 aromatic rings. The highest BCUT2D eigenvalue weighted by molar-refractivity contribution is 7.15. The van der Waals surface area contributed by atoms with Gasteiger partial charge in [0, 0.05) is 38.2 Å². The number of ether oxygens (including phenoxy) is 1. The number of nitrogens with zero attached hydrogens (tertiary/aromatic N) is 3. The number of hydrogen-bond donors (Lipinski definition) is 0. The molecule has 0 N–H and O–H groups in total. The van der Waals surface area contributed by atoms with Crippen molar-refractivity contribution in [1.82, 2.24) is 9.88 Å². The van der Waals surface area contributed by atoms with Gasteiger partial charge in [-0.1, -0.05) is 6.92 Å². The molecule has 0 aliphatic carbocycles. The lowest BCUT2D eigenvalue weighted by atomic mass is 10.1. The number of methoxy groups -OCH3 is 1. The molecular weight excluding hydrogens is 258 g/mol. The molecule has 2 aliphatic rings. The van der Waals surface area contributed by atoms with Crippen LogP contribution in [0.2, 0.25) is 0 Å². The first-order valence-electron chi connectivity index (χ1n) is 7.28. The summed E-state index contributed by atoms with van der Waals surface area (Å²) in [5.74, 6) is 0. The molecule has 3 rings (SSSR count). The topological polar surface area (TPSA) is 28.6 Å². The Morgan fingerprint density at radius 1 is 1.42 bits per heavy atom. The summed E-state index contributed by atoms with van der Waals surface area (Å²) >= 11 is 1.90. The molecule has 2 aliphatic heterocycles. The molecule has 0 saturated carbocycles. The lowest BCUT2D eigenvalue weighted by Crippen LogP contribution is -2.39. The van der Waals surface area contributed by atoms with E-state index in [1.54, 1.807) is 0 Å². The monoisotopic (exact) mass is 281 g/mol. The molecule has 1 fully saturated rings. The lowest BCUT2D eigenvalue weighted by Gasteiger charge is -2.31. The van der Waals surface area contributed by atoms with Gasteiger partial charge in [-0.15, -0.1) is 11.3 Å². The summed E-state index contributed by atoms with van der Waals surface area (Å²) in [6.07, 6.45) is 3.94. The number of thiazole rings is 1. The van der Waals surface area contributed by atoms with Gasteiger partial charge in [0.2, 0.25) is 0 Å². The van der Waals surface area contributed by atoms with Crippen molar-refractivity contribution in [3.05, 3.63) is 10.6 Å². The Bertz CT molecular complexity index is 434. The van der Waals surface area contributed by atoms with Gasteiger partial charge >= 0.3 is 0 Å². The lowest BCUT2D eigenvalue weighted by molar-refractivity contribution is 0.0893. The van der Waals surface area contributed by atoms with Crippen molar-refractivity contribution >= 4 is 16.5 Å². The van der Waals surface area contributed by atoms with Gasteiger partial charge in [0.15, 0.2) is 5.13 Å². The second kappa shape index (κ2) is 5.77. The van der Waals surface area contributed by atoms with Crippen LogP contribution in [0.15, 0.2) is 0 Å². The predicted octanol–water partition coefficient (Wildman–Crippen LogP) is 2.14. The van der Waals surface area contributed by atoms with E-state index in [4.69, 9.17) is 9.72 Å². The molecule has 19 heavy (non-hydrogen) atoms. The van der Waals surface area contributed by atoms with E-state index in [9.17, 15) is 0 Å². The summed E-state index contributed by atoms with van der Waals surface area (Å²) in [6.45, 7) is 7.70. The Morgan fingerprint density at radius 2 is 2.32 bits per heavy atom. The molecule has 0 aromatic carbocycles. The standard InChI is InChI=1S/C14H23N3OS/c1-3-16-8-6-13-12(10-16)15-14(19-13)17-7-4-5-11(9-17)18-2/h11H,3-10H2,1-2H3. The molecule has 0 spiro atoms. The molecule has 4 nitrogen and oxygen atoms in total. The van der Waals surface area contributed by atoms with Crippen LogP contribution in [-0.2, 0) is 17.7 Å². The van der Waals surface area contributed by atoms with Gasteiger partial charge in [-0.05, 0) is 25.8 Å². The minimum absolute atomic E-state index is 0.377. The number of rotatable bonds is 3. The van der Waals surface area contributed by atoms with E-state index < -0.39 is 0 Å². The van der Waals surface area contributed by atoms with Crippen molar-refractivity contribution in [3.63, 3.8) is 0 Å². The van der Waals surface area contributed by atoms with Crippen LogP contribution in [0.1, 0.15) is 30.3 Å². The molecule has 106 valence electrons. The summed E-state index contributed by atoms with van der Waals surface area (Å²) in [4.78, 5) is 11.3. The Balaban J connectivity index is 1.74. The number of likely N-dealkylation sites (N-methyl/N-ethyl adjacent to an activating group) is 1. The van der Waals surface area contributed by atoms with Crippen LogP contribution in [0, 0.1) is 0 Å². The number of fused-ring (bicyclic) bond motifs is 1. The molecule has 1 atom stereocenters. The van der Waals surface area contributed by atoms with Crippen molar-refractivity contribution in [1.29, 1.82) is 0 Å². The van der Waals surface area contributed by atoms with E-state index in [-0.39, 0.29) is 0 Å². The molecule has 5 heteroatoms. The largest absolute Gasteiger partial charge is 0.380 e. The van der Waals surface area contributed by atoms with Gasteiger partial charge in [-0.25, -0.2) is 4.98 Å². The van der Waals surface area contributed by atoms with Gasteiger partial charge in [-0.2, -0.15) is 0 Å². The van der Waals surface area contributed by atoms with Gasteiger partial charge < -0.3 is 9.64 Å². The first-order valence-corrected chi connectivity index (χ1v) is 8.10. The van der Waals surface area contributed by atoms with E-state index in [2.05, 4.69) is 16.7 Å². The summed E-state index contributed by atoms with van der Waals surface area (Å²) in [6, 6.07) is 0. The van der Waals surface area contributed by atoms with E-state index in [0.29, 0.717) is 6.10 Å². The number of piperidine rings is 1. The van der Waals surface area contributed by atoms with Crippen molar-refractivity contribution in [2.75, 3.05) is 38.2 Å². The van der Waals surface area contributed by atoms with Crippen molar-refractivity contribution in [2.45, 2.75) is 38.8 Å². The highest BCUT2D eigenvalue weighted by Gasteiger charge is 2.25. The number of aromatic nitrogens is 1. The average Bonchev–Trinajstić information content (AvgIpc) is 2.90. The second-order valence-electron chi connectivity index (χ2n) is 5.43. The van der Waals surface area contributed by atoms with Crippen molar-refractivity contribution in [3.8, 4) is 0 Å². The Labute approximate surface area is 119 Å². The van der Waals surface area contributed by atoms with Gasteiger partial charge in [0.05, 0.1) is 11.8 Å². The van der Waals surface area contributed by atoms with Crippen LogP contribution < -0.4 is 4.90 Å². The maximum absolute atomic E-state index is 5.51. The fourth-order valence-corrected chi connectivity index (χ4v) is 4.04. The highest BCUT2D eigenvalue weighted by atomic mass is 32.1. The fourth-order valence-electron chi connectivity index (χ4n) is 2.95. The molecule has 0 radical (unpaired) electrons. The summed E-state index contributed by atoms with van der Waals surface area (Å²) in [7, 11) is 1.82. The van der Waals surface area contributed by atoms with Crippen molar-refractivity contribution in [2.24, 2.45) is 0 Å². The highest BCUT2D eigenvalue weighted by Crippen LogP contribution is 2.32. The average molecular weight is 281 g/mol. The minimum atomic E-state index is 0.377. The van der Waals surface area contributed by atoms with Gasteiger partial charge in [0.1, 0.15) is 0 Å². The van der Waals surface area contributed by atoms with Crippen LogP contribution in [0.5, 0.6) is 0 Å². The third kappa shape index (κ3) is 2.78. The first-order chi connectivity index (χ1) is 9.30. The van der Waals surface area contributed by atoms with Crippen LogP contribution in [0.3, 0.4) is 0 Å². The SMILES string of the molecule is CCN1CCc2sc(N3CCCC(OC)C3)nc2C1. The van der Waals surface area contributed by atoms with Crippen molar-refractivity contribution < 1.29 is 4.74 Å². The Kier molecular flexibility index (Phi) is 4.05. The zero-order chi connectivity index (χ0) is 13.2. The predicted molar refractivity (Wildman–Crippen MR) is 79.0 cm³/mol.